The number of halogens is 1. The monoisotopic (exact) mass is 356 g/mol. The molecule has 0 amide bonds. The Balaban J connectivity index is 5.07. The first-order valence-corrected chi connectivity index (χ1v) is 14.2. The molecule has 7 heteroatoms. The van der Waals surface area contributed by atoms with Crippen molar-refractivity contribution in [2.45, 2.75) is 46.8 Å². The molecule has 1 atom stereocenters. The van der Waals surface area contributed by atoms with E-state index in [-0.39, 0.29) is 0 Å². The molecule has 0 spiro atoms. The second kappa shape index (κ2) is 7.94. The fourth-order valence-corrected chi connectivity index (χ4v) is 12.8. The summed E-state index contributed by atoms with van der Waals surface area (Å²) in [5.74, 6) is 0.475. The van der Waals surface area contributed by atoms with Crippen molar-refractivity contribution in [3.63, 3.8) is 0 Å². The lowest BCUT2D eigenvalue weighted by Crippen LogP contribution is -2.32. The maximum absolute atomic E-state index is 13.0. The summed E-state index contributed by atoms with van der Waals surface area (Å²) in [7, 11) is -8.46. The van der Waals surface area contributed by atoms with Gasteiger partial charge in [0.25, 0.3) is 0 Å². The van der Waals surface area contributed by atoms with E-state index in [4.69, 9.17) is 3.63 Å². The third-order valence-electron chi connectivity index (χ3n) is 2.60. The van der Waals surface area contributed by atoms with Gasteiger partial charge in [0, 0.05) is 5.75 Å². The van der Waals surface area contributed by atoms with Crippen molar-refractivity contribution in [1.82, 2.24) is 0 Å². The van der Waals surface area contributed by atoms with Crippen molar-refractivity contribution in [2.75, 3.05) is 17.4 Å². The van der Waals surface area contributed by atoms with Gasteiger partial charge in [-0.1, -0.05) is 46.8 Å². The van der Waals surface area contributed by atoms with Crippen LogP contribution in [0.4, 0.5) is 3.89 Å². The topological polar surface area (TPSA) is 43.4 Å². The molecule has 0 aliphatic heterocycles. The number of hydrogen-bond acceptors (Lipinski definition) is 3. The maximum Gasteiger partial charge on any atom is 0.446 e. The molecule has 21 heavy (non-hydrogen) atoms. The Kier molecular flexibility index (Phi) is 7.90. The largest absolute Gasteiger partial charge is 0.446 e. The Bertz CT molecular complexity index is 503. The van der Waals surface area contributed by atoms with E-state index in [1.165, 1.54) is 5.57 Å². The van der Waals surface area contributed by atoms with Gasteiger partial charge in [0.05, 0.1) is 8.07 Å². The van der Waals surface area contributed by atoms with Gasteiger partial charge in [-0.3, -0.25) is 0 Å². The highest BCUT2D eigenvalue weighted by Crippen LogP contribution is 2.49. The SMILES string of the molecule is CC(C)=CC/C(C)=C/CS(C)(C[Si](C)(C)C)OS(=O)(=O)F. The second-order valence-electron chi connectivity index (χ2n) is 7.05. The molecular formula is C14H29FO3S2Si. The van der Waals surface area contributed by atoms with Crippen LogP contribution in [0.25, 0.3) is 0 Å². The Morgan fingerprint density at radius 1 is 1.14 bits per heavy atom. The number of rotatable bonds is 8. The molecule has 0 aliphatic rings. The Hall–Kier alpha value is -0.113. The molecule has 0 aromatic rings. The van der Waals surface area contributed by atoms with Gasteiger partial charge in [-0.15, -0.1) is 10.3 Å². The van der Waals surface area contributed by atoms with Crippen LogP contribution in [-0.4, -0.2) is 33.9 Å². The van der Waals surface area contributed by atoms with Gasteiger partial charge in [-0.05, 0) is 38.8 Å². The summed E-state index contributed by atoms with van der Waals surface area (Å²) in [6, 6.07) is 0. The minimum absolute atomic E-state index is 0.475. The summed E-state index contributed by atoms with van der Waals surface area (Å²) in [6.07, 6.45) is 6.68. The van der Waals surface area contributed by atoms with Crippen LogP contribution in [-0.2, 0) is 14.1 Å². The second-order valence-corrected chi connectivity index (χ2v) is 17.4. The fraction of sp³-hybridized carbons (Fsp3) is 0.714. The summed E-state index contributed by atoms with van der Waals surface area (Å²) in [5.41, 5.74) is 2.38. The smallest absolute Gasteiger partial charge is 0.195 e. The van der Waals surface area contributed by atoms with Gasteiger partial charge in [-0.2, -0.15) is 12.0 Å². The van der Waals surface area contributed by atoms with E-state index >= 15 is 0 Å². The van der Waals surface area contributed by atoms with Crippen LogP contribution in [0.15, 0.2) is 23.3 Å². The third kappa shape index (κ3) is 12.1. The quantitative estimate of drug-likeness (QED) is 0.358. The van der Waals surface area contributed by atoms with E-state index in [1.54, 1.807) is 6.26 Å². The molecule has 0 aromatic carbocycles. The van der Waals surface area contributed by atoms with E-state index in [0.29, 0.717) is 11.1 Å². The molecule has 0 N–H and O–H groups in total. The zero-order chi connectivity index (χ0) is 16.9. The zero-order valence-electron chi connectivity index (χ0n) is 14.2. The minimum atomic E-state index is -4.91. The molecule has 0 saturated heterocycles. The molecule has 1 unspecified atom stereocenters. The number of hydrogen-bond donors (Lipinski definition) is 0. The van der Waals surface area contributed by atoms with Gasteiger partial charge in [0.2, 0.25) is 0 Å². The standard InChI is InChI=1S/C14H29FO3S2Si/c1-13(2)8-9-14(3)10-11-19(4,12-21(5,6)7)18-20(15,16)17/h8,10H,9,11-12H2,1-7H3/b14-10+. The maximum atomic E-state index is 13.0. The molecule has 0 saturated carbocycles. The predicted molar refractivity (Wildman–Crippen MR) is 95.5 cm³/mol. The van der Waals surface area contributed by atoms with Crippen molar-refractivity contribution >= 4 is 28.9 Å². The normalized spacial score (nSPS) is 18.0. The fourth-order valence-electron chi connectivity index (χ4n) is 1.99. The molecule has 126 valence electrons. The lowest BCUT2D eigenvalue weighted by Gasteiger charge is -2.36. The van der Waals surface area contributed by atoms with E-state index in [9.17, 15) is 12.3 Å². The molecule has 0 aliphatic carbocycles. The average Bonchev–Trinajstić information content (AvgIpc) is 2.18. The number of allylic oxidation sites excluding steroid dienone is 3. The van der Waals surface area contributed by atoms with Crippen LogP contribution >= 0.6 is 10.3 Å². The highest BCUT2D eigenvalue weighted by molar-refractivity contribution is 8.33. The van der Waals surface area contributed by atoms with Crippen molar-refractivity contribution in [3.05, 3.63) is 23.3 Å². The van der Waals surface area contributed by atoms with Gasteiger partial charge in [0.15, 0.2) is 0 Å². The Morgan fingerprint density at radius 2 is 1.67 bits per heavy atom. The Morgan fingerprint density at radius 3 is 2.05 bits per heavy atom. The molecule has 0 heterocycles. The molecule has 0 rings (SSSR count). The average molecular weight is 357 g/mol. The molecule has 0 aromatic heterocycles. The van der Waals surface area contributed by atoms with E-state index in [2.05, 4.69) is 25.7 Å². The van der Waals surface area contributed by atoms with Crippen LogP contribution in [0.2, 0.25) is 19.6 Å². The van der Waals surface area contributed by atoms with Crippen LogP contribution in [0.3, 0.4) is 0 Å². The minimum Gasteiger partial charge on any atom is -0.195 e. The summed E-state index contributed by atoms with van der Waals surface area (Å²) >= 11 is 0. The van der Waals surface area contributed by atoms with Crippen LogP contribution in [0, 0.1) is 0 Å². The lowest BCUT2D eigenvalue weighted by molar-refractivity contribution is 0.462. The highest BCUT2D eigenvalue weighted by Gasteiger charge is 2.31. The van der Waals surface area contributed by atoms with Crippen LogP contribution < -0.4 is 0 Å². The van der Waals surface area contributed by atoms with Crippen LogP contribution in [0.5, 0.6) is 0 Å². The van der Waals surface area contributed by atoms with Gasteiger partial charge < -0.3 is 0 Å². The zero-order valence-corrected chi connectivity index (χ0v) is 16.8. The molecule has 0 bridgehead atoms. The van der Waals surface area contributed by atoms with Crippen molar-refractivity contribution in [3.8, 4) is 0 Å². The first-order chi connectivity index (χ1) is 9.22. The lowest BCUT2D eigenvalue weighted by atomic mass is 10.1. The molecule has 3 nitrogen and oxygen atoms in total. The van der Waals surface area contributed by atoms with Crippen LogP contribution in [0.1, 0.15) is 27.2 Å². The Labute approximate surface area is 132 Å². The highest BCUT2D eigenvalue weighted by atomic mass is 32.3. The van der Waals surface area contributed by atoms with Gasteiger partial charge in [0.1, 0.15) is 0 Å². The van der Waals surface area contributed by atoms with Crippen molar-refractivity contribution in [2.24, 2.45) is 0 Å². The first kappa shape index (κ1) is 20.9. The molecular weight excluding hydrogens is 327 g/mol. The van der Waals surface area contributed by atoms with Crippen molar-refractivity contribution < 1.29 is 15.9 Å². The van der Waals surface area contributed by atoms with Gasteiger partial charge in [-0.25, -0.2) is 0 Å². The van der Waals surface area contributed by atoms with Crippen molar-refractivity contribution in [1.29, 1.82) is 0 Å². The summed E-state index contributed by atoms with van der Waals surface area (Å²) < 4.78 is 39.7. The van der Waals surface area contributed by atoms with Gasteiger partial charge >= 0.3 is 10.5 Å². The first-order valence-electron chi connectivity index (χ1n) is 6.91. The third-order valence-corrected chi connectivity index (χ3v) is 11.3. The van der Waals surface area contributed by atoms with E-state index < -0.39 is 28.9 Å². The molecule has 0 radical (unpaired) electrons. The van der Waals surface area contributed by atoms with E-state index in [1.807, 2.05) is 26.8 Å². The summed E-state index contributed by atoms with van der Waals surface area (Å²) in [5, 5.41) is 0.662. The molecule has 0 fully saturated rings. The van der Waals surface area contributed by atoms with E-state index in [0.717, 1.165) is 12.0 Å². The summed E-state index contributed by atoms with van der Waals surface area (Å²) in [6.45, 7) is 12.5. The predicted octanol–water partition coefficient (Wildman–Crippen LogP) is 4.75. The summed E-state index contributed by atoms with van der Waals surface area (Å²) in [4.78, 5) is 0.